The molecule has 0 radical (unpaired) electrons. The Hall–Kier alpha value is -2.59. The molecular weight excluding hydrogens is 306 g/mol. The normalized spacial score (nSPS) is 11.2. The summed E-state index contributed by atoms with van der Waals surface area (Å²) in [6.07, 6.45) is 3.76. The van der Waals surface area contributed by atoms with Crippen LogP contribution in [0.5, 0.6) is 0 Å². The number of amides is 1. The molecule has 1 aromatic carbocycles. The van der Waals surface area contributed by atoms with E-state index in [1.54, 1.807) is 6.08 Å². The van der Waals surface area contributed by atoms with Crippen molar-refractivity contribution in [3.8, 4) is 0 Å². The number of aryl methyl sites for hydroxylation is 2. The maximum absolute atomic E-state index is 11.6. The highest BCUT2D eigenvalue weighted by atomic mass is 16.6. The number of benzene rings is 1. The van der Waals surface area contributed by atoms with E-state index in [9.17, 15) is 9.59 Å². The topological polar surface area (TPSA) is 72.7 Å². The van der Waals surface area contributed by atoms with Crippen molar-refractivity contribution in [1.82, 2.24) is 9.88 Å². The van der Waals surface area contributed by atoms with Gasteiger partial charge in [0.1, 0.15) is 11.3 Å². The molecule has 0 bridgehead atoms. The van der Waals surface area contributed by atoms with Gasteiger partial charge in [-0.1, -0.05) is 11.6 Å². The minimum absolute atomic E-state index is 0.415. The highest BCUT2D eigenvalue weighted by Gasteiger charge is 2.15. The zero-order valence-electron chi connectivity index (χ0n) is 14.5. The van der Waals surface area contributed by atoms with Crippen molar-refractivity contribution in [2.75, 3.05) is 6.54 Å². The number of carbonyl (C=O) groups excluding carboxylic acids is 2. The van der Waals surface area contributed by atoms with Gasteiger partial charge < -0.3 is 14.6 Å². The highest BCUT2D eigenvalue weighted by molar-refractivity contribution is 5.92. The number of ether oxygens (including phenoxy) is 1. The molecule has 6 heteroatoms. The molecule has 0 saturated heterocycles. The monoisotopic (exact) mass is 329 g/mol. The molecule has 1 aromatic heterocycles. The van der Waals surface area contributed by atoms with Gasteiger partial charge >= 0.3 is 6.09 Å². The van der Waals surface area contributed by atoms with E-state index in [0.29, 0.717) is 18.8 Å². The second kappa shape index (κ2) is 7.32. The van der Waals surface area contributed by atoms with Crippen LogP contribution in [0.4, 0.5) is 10.5 Å². The Kier molecular flexibility index (Phi) is 5.42. The van der Waals surface area contributed by atoms with Gasteiger partial charge in [-0.3, -0.25) is 0 Å². The van der Waals surface area contributed by atoms with E-state index in [2.05, 4.69) is 10.3 Å². The average Bonchev–Trinajstić information content (AvgIpc) is 2.80. The molecule has 1 N–H and O–H groups in total. The first kappa shape index (κ1) is 17.8. The number of aromatic nitrogens is 1. The Morgan fingerprint density at radius 2 is 2.12 bits per heavy atom. The quantitative estimate of drug-likeness (QED) is 0.515. The van der Waals surface area contributed by atoms with Gasteiger partial charge in [0.2, 0.25) is 6.08 Å². The summed E-state index contributed by atoms with van der Waals surface area (Å²) in [6.45, 7) is 8.69. The second-order valence-corrected chi connectivity index (χ2v) is 6.71. The minimum Gasteiger partial charge on any atom is -0.444 e. The molecule has 0 spiro atoms. The predicted molar refractivity (Wildman–Crippen MR) is 93.3 cm³/mol. The summed E-state index contributed by atoms with van der Waals surface area (Å²) in [6, 6.07) is 6.03. The van der Waals surface area contributed by atoms with Crippen LogP contribution in [-0.4, -0.2) is 28.9 Å². The van der Waals surface area contributed by atoms with E-state index in [1.165, 1.54) is 0 Å². The lowest BCUT2D eigenvalue weighted by Gasteiger charge is -2.19. The number of hydrogen-bond donors (Lipinski definition) is 1. The highest BCUT2D eigenvalue weighted by Crippen LogP contribution is 2.29. The van der Waals surface area contributed by atoms with Crippen LogP contribution in [0.25, 0.3) is 10.9 Å². The third-order valence-electron chi connectivity index (χ3n) is 3.43. The average molecular weight is 329 g/mol. The fourth-order valence-corrected chi connectivity index (χ4v) is 2.47. The molecule has 0 saturated carbocycles. The van der Waals surface area contributed by atoms with Gasteiger partial charge in [-0.2, -0.15) is 4.99 Å². The number of alkyl carbamates (subject to hydrolysis) is 1. The standard InChI is InChI=1S/C18H23N3O3/c1-13-6-7-16-14(10-13)15(20-12-22)11-21(16)9-5-8-19-17(23)24-18(2,3)4/h6-7,10-11H,5,8-9H2,1-4H3,(H,19,23). The van der Waals surface area contributed by atoms with Crippen molar-refractivity contribution in [3.63, 3.8) is 0 Å². The molecule has 2 rings (SSSR count). The third-order valence-corrected chi connectivity index (χ3v) is 3.43. The summed E-state index contributed by atoms with van der Waals surface area (Å²) in [7, 11) is 0. The van der Waals surface area contributed by atoms with Crippen LogP contribution in [0.1, 0.15) is 32.8 Å². The lowest BCUT2D eigenvalue weighted by Crippen LogP contribution is -2.33. The molecule has 128 valence electrons. The van der Waals surface area contributed by atoms with Gasteiger partial charge in [0.05, 0.1) is 5.52 Å². The Labute approximate surface area is 141 Å². The molecule has 1 amide bonds. The number of carbonyl (C=O) groups is 1. The number of fused-ring (bicyclic) bond motifs is 1. The fraction of sp³-hybridized carbons (Fsp3) is 0.444. The lowest BCUT2D eigenvalue weighted by molar-refractivity contribution is 0.0526. The van der Waals surface area contributed by atoms with Gasteiger partial charge in [0, 0.05) is 24.7 Å². The van der Waals surface area contributed by atoms with E-state index in [0.717, 1.165) is 22.9 Å². The molecule has 0 aliphatic rings. The summed E-state index contributed by atoms with van der Waals surface area (Å²) >= 11 is 0. The van der Waals surface area contributed by atoms with Crippen LogP contribution >= 0.6 is 0 Å². The first-order valence-corrected chi connectivity index (χ1v) is 7.94. The summed E-state index contributed by atoms with van der Waals surface area (Å²) in [4.78, 5) is 26.0. The maximum Gasteiger partial charge on any atom is 0.407 e. The smallest absolute Gasteiger partial charge is 0.407 e. The van der Waals surface area contributed by atoms with Crippen molar-refractivity contribution in [2.24, 2.45) is 4.99 Å². The molecule has 6 nitrogen and oxygen atoms in total. The molecule has 0 unspecified atom stereocenters. The molecule has 2 aromatic rings. The van der Waals surface area contributed by atoms with E-state index in [4.69, 9.17) is 4.74 Å². The maximum atomic E-state index is 11.6. The van der Waals surface area contributed by atoms with Gasteiger partial charge in [-0.05, 0) is 46.2 Å². The van der Waals surface area contributed by atoms with E-state index in [1.807, 2.05) is 56.7 Å². The summed E-state index contributed by atoms with van der Waals surface area (Å²) in [5, 5.41) is 3.67. The molecule has 0 aliphatic carbocycles. The van der Waals surface area contributed by atoms with Crippen LogP contribution in [0.15, 0.2) is 29.4 Å². The van der Waals surface area contributed by atoms with Crippen LogP contribution in [0.3, 0.4) is 0 Å². The van der Waals surface area contributed by atoms with Gasteiger partial charge in [-0.25, -0.2) is 9.59 Å². The van der Waals surface area contributed by atoms with Crippen molar-refractivity contribution >= 4 is 28.8 Å². The molecule has 0 fully saturated rings. The number of rotatable bonds is 5. The Morgan fingerprint density at radius 1 is 1.38 bits per heavy atom. The number of isocyanates is 1. The number of hydrogen-bond acceptors (Lipinski definition) is 4. The Morgan fingerprint density at radius 3 is 2.79 bits per heavy atom. The molecule has 24 heavy (non-hydrogen) atoms. The predicted octanol–water partition coefficient (Wildman–Crippen LogP) is 3.83. The Bertz CT molecular complexity index is 781. The summed E-state index contributed by atoms with van der Waals surface area (Å²) in [5.74, 6) is 0. The summed E-state index contributed by atoms with van der Waals surface area (Å²) in [5.41, 5.74) is 2.23. The van der Waals surface area contributed by atoms with Gasteiger partial charge in [0.25, 0.3) is 0 Å². The lowest BCUT2D eigenvalue weighted by atomic mass is 10.1. The number of nitrogens with zero attached hydrogens (tertiary/aromatic N) is 2. The van der Waals surface area contributed by atoms with Crippen LogP contribution in [0.2, 0.25) is 0 Å². The number of aliphatic imine (C=N–C) groups is 1. The zero-order chi connectivity index (χ0) is 17.7. The molecule has 0 atom stereocenters. The van der Waals surface area contributed by atoms with E-state index in [-0.39, 0.29) is 0 Å². The molecule has 1 heterocycles. The van der Waals surface area contributed by atoms with Gasteiger partial charge in [0.15, 0.2) is 0 Å². The molecule has 0 aliphatic heterocycles. The third kappa shape index (κ3) is 4.70. The first-order valence-electron chi connectivity index (χ1n) is 7.94. The van der Waals surface area contributed by atoms with E-state index >= 15 is 0 Å². The van der Waals surface area contributed by atoms with Crippen molar-refractivity contribution in [3.05, 3.63) is 30.0 Å². The van der Waals surface area contributed by atoms with Crippen LogP contribution in [-0.2, 0) is 16.1 Å². The van der Waals surface area contributed by atoms with E-state index < -0.39 is 11.7 Å². The largest absolute Gasteiger partial charge is 0.444 e. The van der Waals surface area contributed by atoms with Crippen molar-refractivity contribution in [2.45, 2.75) is 46.3 Å². The second-order valence-electron chi connectivity index (χ2n) is 6.71. The number of nitrogens with one attached hydrogen (secondary N) is 1. The zero-order valence-corrected chi connectivity index (χ0v) is 14.5. The molecular formula is C18H23N3O3. The fourth-order valence-electron chi connectivity index (χ4n) is 2.47. The van der Waals surface area contributed by atoms with Crippen molar-refractivity contribution in [1.29, 1.82) is 0 Å². The first-order chi connectivity index (χ1) is 11.3. The Balaban J connectivity index is 2.01. The van der Waals surface area contributed by atoms with Crippen LogP contribution < -0.4 is 5.32 Å². The van der Waals surface area contributed by atoms with Gasteiger partial charge in [-0.15, -0.1) is 0 Å². The summed E-state index contributed by atoms with van der Waals surface area (Å²) < 4.78 is 7.22. The van der Waals surface area contributed by atoms with Crippen molar-refractivity contribution < 1.29 is 14.3 Å². The minimum atomic E-state index is -0.500. The SMILES string of the molecule is Cc1ccc2c(c1)c(N=C=O)cn2CCCNC(=O)OC(C)(C)C. The van der Waals surface area contributed by atoms with Crippen LogP contribution in [0, 0.1) is 6.92 Å².